The van der Waals surface area contributed by atoms with E-state index in [1.807, 2.05) is 24.3 Å². The van der Waals surface area contributed by atoms with Gasteiger partial charge in [0.05, 0.1) is 5.69 Å². The summed E-state index contributed by atoms with van der Waals surface area (Å²) in [5, 5.41) is 1.66. The Balaban J connectivity index is 2.22. The average molecular weight is 282 g/mol. The molecule has 3 nitrogen and oxygen atoms in total. The largest absolute Gasteiger partial charge is 0.397 e. The monoisotopic (exact) mass is 281 g/mol. The summed E-state index contributed by atoms with van der Waals surface area (Å²) in [4.78, 5) is 8.42. The topological polar surface area (TPSA) is 51.8 Å². The number of anilines is 1. The van der Waals surface area contributed by atoms with E-state index in [2.05, 4.69) is 25.9 Å². The number of aromatic nitrogens is 2. The molecule has 0 aliphatic carbocycles. The second-order valence-corrected chi connectivity index (χ2v) is 4.74. The van der Waals surface area contributed by atoms with Crippen LogP contribution in [0.3, 0.4) is 0 Å². The molecule has 0 radical (unpaired) electrons. The third-order valence-corrected chi connectivity index (χ3v) is 3.16. The summed E-state index contributed by atoms with van der Waals surface area (Å²) < 4.78 is 0.959. The van der Waals surface area contributed by atoms with Crippen molar-refractivity contribution in [1.29, 1.82) is 0 Å². The van der Waals surface area contributed by atoms with E-state index >= 15 is 0 Å². The van der Waals surface area contributed by atoms with E-state index in [1.165, 1.54) is 11.8 Å². The SMILES string of the molecule is Nc1cccnc1Sc1ccc(Br)cn1. The van der Waals surface area contributed by atoms with Gasteiger partial charge in [0, 0.05) is 16.9 Å². The Bertz CT molecular complexity index is 458. The summed E-state index contributed by atoms with van der Waals surface area (Å²) in [6.07, 6.45) is 3.47. The molecule has 0 saturated heterocycles. The maximum Gasteiger partial charge on any atom is 0.125 e. The molecule has 0 aliphatic rings. The highest BCUT2D eigenvalue weighted by Gasteiger charge is 2.03. The molecule has 0 spiro atoms. The standard InChI is InChI=1S/C10H8BrN3S/c11-7-3-4-9(14-6-7)15-10-8(12)2-1-5-13-10/h1-6H,12H2. The molecule has 0 aliphatic heterocycles. The summed E-state index contributed by atoms with van der Waals surface area (Å²) in [6.45, 7) is 0. The van der Waals surface area contributed by atoms with Crippen LogP contribution in [-0.2, 0) is 0 Å². The molecule has 0 bridgehead atoms. The van der Waals surface area contributed by atoms with E-state index in [4.69, 9.17) is 5.73 Å². The van der Waals surface area contributed by atoms with Gasteiger partial charge in [-0.2, -0.15) is 0 Å². The molecule has 76 valence electrons. The van der Waals surface area contributed by atoms with Crippen molar-refractivity contribution < 1.29 is 0 Å². The van der Waals surface area contributed by atoms with Crippen LogP contribution >= 0.6 is 27.7 Å². The van der Waals surface area contributed by atoms with Gasteiger partial charge in [0.25, 0.3) is 0 Å². The van der Waals surface area contributed by atoms with Crippen molar-refractivity contribution >= 4 is 33.4 Å². The normalized spacial score (nSPS) is 10.2. The third-order valence-electron chi connectivity index (χ3n) is 1.70. The van der Waals surface area contributed by atoms with Gasteiger partial charge in [-0.1, -0.05) is 0 Å². The zero-order chi connectivity index (χ0) is 10.7. The van der Waals surface area contributed by atoms with E-state index in [-0.39, 0.29) is 0 Å². The third kappa shape index (κ3) is 2.70. The molecule has 0 aromatic carbocycles. The van der Waals surface area contributed by atoms with Crippen molar-refractivity contribution in [2.24, 2.45) is 0 Å². The highest BCUT2D eigenvalue weighted by Crippen LogP contribution is 2.28. The van der Waals surface area contributed by atoms with Gasteiger partial charge < -0.3 is 5.73 Å². The lowest BCUT2D eigenvalue weighted by Crippen LogP contribution is -1.90. The number of hydrogen-bond acceptors (Lipinski definition) is 4. The minimum Gasteiger partial charge on any atom is -0.397 e. The fourth-order valence-corrected chi connectivity index (χ4v) is 1.98. The predicted octanol–water partition coefficient (Wildman–Crippen LogP) is 2.97. The van der Waals surface area contributed by atoms with Crippen molar-refractivity contribution in [3.63, 3.8) is 0 Å². The smallest absolute Gasteiger partial charge is 0.125 e. The highest BCUT2D eigenvalue weighted by atomic mass is 79.9. The first-order chi connectivity index (χ1) is 7.25. The number of hydrogen-bond donors (Lipinski definition) is 1. The van der Waals surface area contributed by atoms with Gasteiger partial charge in [0.2, 0.25) is 0 Å². The first-order valence-electron chi connectivity index (χ1n) is 4.25. The van der Waals surface area contributed by atoms with Gasteiger partial charge in [0.15, 0.2) is 0 Å². The molecule has 5 heteroatoms. The second kappa shape index (κ2) is 4.63. The van der Waals surface area contributed by atoms with Gasteiger partial charge in [-0.3, -0.25) is 0 Å². The van der Waals surface area contributed by atoms with Crippen molar-refractivity contribution in [3.8, 4) is 0 Å². The van der Waals surface area contributed by atoms with Gasteiger partial charge >= 0.3 is 0 Å². The van der Waals surface area contributed by atoms with Gasteiger partial charge in [-0.15, -0.1) is 0 Å². The maximum atomic E-state index is 5.78. The first kappa shape index (κ1) is 10.4. The molecule has 0 saturated carbocycles. The Morgan fingerprint density at radius 2 is 2.07 bits per heavy atom. The quantitative estimate of drug-likeness (QED) is 0.920. The molecule has 15 heavy (non-hydrogen) atoms. The van der Waals surface area contributed by atoms with Crippen LogP contribution in [0.25, 0.3) is 0 Å². The van der Waals surface area contributed by atoms with Crippen LogP contribution in [0.1, 0.15) is 0 Å². The molecule has 2 heterocycles. The summed E-state index contributed by atoms with van der Waals surface area (Å²) in [7, 11) is 0. The lowest BCUT2D eigenvalue weighted by Gasteiger charge is -2.02. The lowest BCUT2D eigenvalue weighted by atomic mass is 10.4. The number of nitrogens with two attached hydrogens (primary N) is 1. The molecule has 0 unspecified atom stereocenters. The first-order valence-corrected chi connectivity index (χ1v) is 5.86. The molecule has 0 amide bonds. The van der Waals surface area contributed by atoms with Crippen LogP contribution in [0.4, 0.5) is 5.69 Å². The van der Waals surface area contributed by atoms with Crippen LogP contribution in [-0.4, -0.2) is 9.97 Å². The van der Waals surface area contributed by atoms with Crippen molar-refractivity contribution in [2.75, 3.05) is 5.73 Å². The Labute approximate surface area is 100 Å². The van der Waals surface area contributed by atoms with Crippen LogP contribution < -0.4 is 5.73 Å². The average Bonchev–Trinajstić information content (AvgIpc) is 2.25. The molecular weight excluding hydrogens is 274 g/mol. The number of halogens is 1. The van der Waals surface area contributed by atoms with Crippen molar-refractivity contribution in [2.45, 2.75) is 10.1 Å². The zero-order valence-corrected chi connectivity index (χ0v) is 10.1. The van der Waals surface area contributed by atoms with E-state index in [0.29, 0.717) is 5.69 Å². The molecule has 0 fully saturated rings. The minimum absolute atomic E-state index is 0.673. The number of nitrogen functional groups attached to an aromatic ring is 1. The fourth-order valence-electron chi connectivity index (χ4n) is 1.01. The Morgan fingerprint density at radius 3 is 2.73 bits per heavy atom. The van der Waals surface area contributed by atoms with E-state index in [0.717, 1.165) is 14.5 Å². The van der Waals surface area contributed by atoms with Crippen molar-refractivity contribution in [3.05, 3.63) is 41.1 Å². The summed E-state index contributed by atoms with van der Waals surface area (Å²) in [5.74, 6) is 0. The van der Waals surface area contributed by atoms with Crippen LogP contribution in [0, 0.1) is 0 Å². The minimum atomic E-state index is 0.673. The second-order valence-electron chi connectivity index (χ2n) is 2.81. The molecule has 0 atom stereocenters. The van der Waals surface area contributed by atoms with Gasteiger partial charge in [-0.05, 0) is 52.0 Å². The lowest BCUT2D eigenvalue weighted by molar-refractivity contribution is 1.09. The molecule has 2 N–H and O–H groups in total. The molecular formula is C10H8BrN3S. The number of pyridine rings is 2. The Hall–Kier alpha value is -1.07. The molecule has 2 aromatic heterocycles. The van der Waals surface area contributed by atoms with E-state index in [1.54, 1.807) is 12.4 Å². The highest BCUT2D eigenvalue weighted by molar-refractivity contribution is 9.10. The Morgan fingerprint density at radius 1 is 1.20 bits per heavy atom. The van der Waals surface area contributed by atoms with Gasteiger partial charge in [-0.25, -0.2) is 9.97 Å². The van der Waals surface area contributed by atoms with Gasteiger partial charge in [0.1, 0.15) is 10.1 Å². The van der Waals surface area contributed by atoms with Crippen LogP contribution in [0.5, 0.6) is 0 Å². The van der Waals surface area contributed by atoms with Crippen LogP contribution in [0.2, 0.25) is 0 Å². The summed E-state index contributed by atoms with van der Waals surface area (Å²) in [6, 6.07) is 7.50. The number of nitrogens with zero attached hydrogens (tertiary/aromatic N) is 2. The predicted molar refractivity (Wildman–Crippen MR) is 64.7 cm³/mol. The number of rotatable bonds is 2. The molecule has 2 rings (SSSR count). The fraction of sp³-hybridized carbons (Fsp3) is 0. The maximum absolute atomic E-state index is 5.78. The zero-order valence-electron chi connectivity index (χ0n) is 7.72. The van der Waals surface area contributed by atoms with Crippen molar-refractivity contribution in [1.82, 2.24) is 9.97 Å². The Kier molecular flexibility index (Phi) is 3.23. The van der Waals surface area contributed by atoms with E-state index in [9.17, 15) is 0 Å². The van der Waals surface area contributed by atoms with E-state index < -0.39 is 0 Å². The summed E-state index contributed by atoms with van der Waals surface area (Å²) in [5.41, 5.74) is 6.45. The van der Waals surface area contributed by atoms with Crippen LogP contribution in [0.15, 0.2) is 51.2 Å². The molecule has 2 aromatic rings. The summed E-state index contributed by atoms with van der Waals surface area (Å²) >= 11 is 4.79.